The van der Waals surface area contributed by atoms with Gasteiger partial charge < -0.3 is 10.4 Å². The van der Waals surface area contributed by atoms with Crippen molar-refractivity contribution in [1.29, 1.82) is 0 Å². The summed E-state index contributed by atoms with van der Waals surface area (Å²) in [5, 5.41) is 14.1. The van der Waals surface area contributed by atoms with Crippen molar-refractivity contribution in [2.75, 3.05) is 11.9 Å². The number of nitrogens with one attached hydrogen (secondary N) is 1. The summed E-state index contributed by atoms with van der Waals surface area (Å²) in [6, 6.07) is 7.94. The molecule has 1 aliphatic carbocycles. The van der Waals surface area contributed by atoms with Crippen molar-refractivity contribution in [3.05, 3.63) is 30.6 Å². The second-order valence-corrected chi connectivity index (χ2v) is 5.01. The predicted octanol–water partition coefficient (Wildman–Crippen LogP) is 2.35. The van der Waals surface area contributed by atoms with Crippen molar-refractivity contribution in [2.24, 2.45) is 0 Å². The van der Waals surface area contributed by atoms with Crippen LogP contribution in [0.25, 0.3) is 10.9 Å². The first kappa shape index (κ1) is 11.4. The van der Waals surface area contributed by atoms with Crippen LogP contribution >= 0.6 is 0 Å². The molecule has 0 saturated heterocycles. The summed E-state index contributed by atoms with van der Waals surface area (Å²) in [5.74, 6) is 0.830. The molecule has 1 aliphatic rings. The average Bonchev–Trinajstić information content (AvgIpc) is 2.88. The van der Waals surface area contributed by atoms with Gasteiger partial charge >= 0.3 is 0 Å². The van der Waals surface area contributed by atoms with Gasteiger partial charge in [0.05, 0.1) is 17.7 Å². The molecule has 0 radical (unpaired) electrons. The van der Waals surface area contributed by atoms with Gasteiger partial charge in [-0.2, -0.15) is 0 Å². The number of fused-ring (bicyclic) bond motifs is 1. The first-order valence-electron chi connectivity index (χ1n) is 6.42. The Kier molecular flexibility index (Phi) is 2.88. The lowest BCUT2D eigenvalue weighted by Crippen LogP contribution is -2.39. The fourth-order valence-electron chi connectivity index (χ4n) is 2.73. The summed E-state index contributed by atoms with van der Waals surface area (Å²) in [6.45, 7) is 0.158. The molecule has 1 saturated carbocycles. The number of aliphatic hydroxyl groups is 1. The zero-order chi connectivity index (χ0) is 12.4. The Morgan fingerprint density at radius 1 is 1.17 bits per heavy atom. The Hall–Kier alpha value is -1.68. The maximum Gasteiger partial charge on any atom is 0.137 e. The molecule has 2 aromatic rings. The van der Waals surface area contributed by atoms with Gasteiger partial charge in [-0.3, -0.25) is 0 Å². The highest BCUT2D eigenvalue weighted by molar-refractivity contribution is 5.88. The summed E-state index contributed by atoms with van der Waals surface area (Å²) in [4.78, 5) is 8.58. The van der Waals surface area contributed by atoms with Gasteiger partial charge in [0, 0.05) is 5.39 Å². The first-order valence-corrected chi connectivity index (χ1v) is 6.42. The van der Waals surface area contributed by atoms with Crippen LogP contribution in [0.15, 0.2) is 30.6 Å². The van der Waals surface area contributed by atoms with E-state index in [1.807, 2.05) is 24.3 Å². The number of aliphatic hydroxyl groups excluding tert-OH is 1. The van der Waals surface area contributed by atoms with Gasteiger partial charge in [-0.1, -0.05) is 25.0 Å². The Morgan fingerprint density at radius 2 is 1.94 bits per heavy atom. The van der Waals surface area contributed by atoms with E-state index in [-0.39, 0.29) is 12.1 Å². The Labute approximate surface area is 106 Å². The molecule has 0 atom stereocenters. The van der Waals surface area contributed by atoms with Gasteiger partial charge in [-0.25, -0.2) is 9.97 Å². The number of benzene rings is 1. The average molecular weight is 243 g/mol. The fraction of sp³-hybridized carbons (Fsp3) is 0.429. The number of hydrogen-bond acceptors (Lipinski definition) is 4. The number of rotatable bonds is 3. The van der Waals surface area contributed by atoms with Crippen molar-refractivity contribution in [2.45, 2.75) is 31.2 Å². The van der Waals surface area contributed by atoms with Gasteiger partial charge in [0.15, 0.2) is 0 Å². The van der Waals surface area contributed by atoms with Crippen molar-refractivity contribution in [3.63, 3.8) is 0 Å². The van der Waals surface area contributed by atoms with Gasteiger partial charge in [0.1, 0.15) is 12.1 Å². The van der Waals surface area contributed by atoms with Gasteiger partial charge in [-0.15, -0.1) is 0 Å². The lowest BCUT2D eigenvalue weighted by molar-refractivity contribution is 0.214. The Morgan fingerprint density at radius 3 is 2.72 bits per heavy atom. The van der Waals surface area contributed by atoms with Crippen molar-refractivity contribution in [1.82, 2.24) is 9.97 Å². The molecule has 4 nitrogen and oxygen atoms in total. The van der Waals surface area contributed by atoms with E-state index in [0.717, 1.165) is 42.4 Å². The summed E-state index contributed by atoms with van der Waals surface area (Å²) in [5.41, 5.74) is 0.734. The molecule has 4 heteroatoms. The fourth-order valence-corrected chi connectivity index (χ4v) is 2.73. The Bertz CT molecular complexity index is 544. The van der Waals surface area contributed by atoms with Crippen LogP contribution in [0.2, 0.25) is 0 Å². The molecule has 0 bridgehead atoms. The van der Waals surface area contributed by atoms with Crippen LogP contribution in [-0.4, -0.2) is 27.2 Å². The summed E-state index contributed by atoms with van der Waals surface area (Å²) < 4.78 is 0. The zero-order valence-corrected chi connectivity index (χ0v) is 10.3. The van der Waals surface area contributed by atoms with E-state index in [2.05, 4.69) is 15.3 Å². The molecule has 1 heterocycles. The van der Waals surface area contributed by atoms with E-state index >= 15 is 0 Å². The normalized spacial score (nSPS) is 18.1. The molecule has 0 amide bonds. The Balaban J connectivity index is 1.99. The van der Waals surface area contributed by atoms with Crippen LogP contribution in [0.1, 0.15) is 25.7 Å². The highest BCUT2D eigenvalue weighted by Gasteiger charge is 2.33. The second kappa shape index (κ2) is 4.53. The first-order chi connectivity index (χ1) is 8.83. The SMILES string of the molecule is OCC1(Nc2ncnc3ccccc23)CCCC1. The third kappa shape index (κ3) is 1.93. The van der Waals surface area contributed by atoms with E-state index in [4.69, 9.17) is 0 Å². The van der Waals surface area contributed by atoms with Crippen molar-refractivity contribution < 1.29 is 5.11 Å². The van der Waals surface area contributed by atoms with Gasteiger partial charge in [0.2, 0.25) is 0 Å². The number of aromatic nitrogens is 2. The lowest BCUT2D eigenvalue weighted by atomic mass is 9.98. The third-order valence-corrected chi connectivity index (χ3v) is 3.79. The molecular weight excluding hydrogens is 226 g/mol. The van der Waals surface area contributed by atoms with E-state index in [1.54, 1.807) is 6.33 Å². The minimum absolute atomic E-state index is 0.158. The minimum atomic E-state index is -0.197. The minimum Gasteiger partial charge on any atom is -0.394 e. The molecular formula is C14H17N3O. The smallest absolute Gasteiger partial charge is 0.137 e. The molecule has 3 rings (SSSR count). The quantitative estimate of drug-likeness (QED) is 0.868. The topological polar surface area (TPSA) is 58.0 Å². The van der Waals surface area contributed by atoms with E-state index in [0.29, 0.717) is 0 Å². The molecule has 0 aliphatic heterocycles. The summed E-state index contributed by atoms with van der Waals surface area (Å²) in [6.07, 6.45) is 5.90. The molecule has 0 unspecified atom stereocenters. The van der Waals surface area contributed by atoms with Crippen LogP contribution in [0.5, 0.6) is 0 Å². The van der Waals surface area contributed by atoms with Crippen molar-refractivity contribution >= 4 is 16.7 Å². The number of anilines is 1. The molecule has 1 aromatic carbocycles. The zero-order valence-electron chi connectivity index (χ0n) is 10.3. The van der Waals surface area contributed by atoms with Crippen molar-refractivity contribution in [3.8, 4) is 0 Å². The highest BCUT2D eigenvalue weighted by Crippen LogP contribution is 2.33. The molecule has 94 valence electrons. The van der Waals surface area contributed by atoms with E-state index in [1.165, 1.54) is 0 Å². The van der Waals surface area contributed by atoms with Crippen LogP contribution in [0.3, 0.4) is 0 Å². The predicted molar refractivity (Wildman–Crippen MR) is 71.4 cm³/mol. The number of hydrogen-bond donors (Lipinski definition) is 2. The van der Waals surface area contributed by atoms with Crippen LogP contribution in [0, 0.1) is 0 Å². The largest absolute Gasteiger partial charge is 0.394 e. The highest BCUT2D eigenvalue weighted by atomic mass is 16.3. The van der Waals surface area contributed by atoms with E-state index in [9.17, 15) is 5.11 Å². The van der Waals surface area contributed by atoms with Crippen LogP contribution in [-0.2, 0) is 0 Å². The lowest BCUT2D eigenvalue weighted by Gasteiger charge is -2.29. The molecule has 0 spiro atoms. The second-order valence-electron chi connectivity index (χ2n) is 5.01. The standard InChI is InChI=1S/C14H17N3O/c18-9-14(7-3-4-8-14)17-13-11-5-1-2-6-12(11)15-10-16-13/h1-2,5-6,10,18H,3-4,7-9H2,(H,15,16,17). The summed E-state index contributed by atoms with van der Waals surface area (Å²) >= 11 is 0. The number of nitrogens with zero attached hydrogens (tertiary/aromatic N) is 2. The van der Waals surface area contributed by atoms with Crippen LogP contribution < -0.4 is 5.32 Å². The summed E-state index contributed by atoms with van der Waals surface area (Å²) in [7, 11) is 0. The molecule has 2 N–H and O–H groups in total. The molecule has 1 aromatic heterocycles. The van der Waals surface area contributed by atoms with Gasteiger partial charge in [-0.05, 0) is 25.0 Å². The van der Waals surface area contributed by atoms with E-state index < -0.39 is 0 Å². The molecule has 1 fully saturated rings. The number of para-hydroxylation sites is 1. The van der Waals surface area contributed by atoms with Crippen LogP contribution in [0.4, 0.5) is 5.82 Å². The maximum atomic E-state index is 9.64. The maximum absolute atomic E-state index is 9.64. The monoisotopic (exact) mass is 243 g/mol. The third-order valence-electron chi connectivity index (χ3n) is 3.79. The van der Waals surface area contributed by atoms with Gasteiger partial charge in [0.25, 0.3) is 0 Å². The molecule has 18 heavy (non-hydrogen) atoms.